The number of aryl methyl sites for hydroxylation is 1. The molecule has 3 aromatic rings. The first-order chi connectivity index (χ1) is 10.6. The topological polar surface area (TPSA) is 67.2 Å². The molecule has 0 amide bonds. The summed E-state index contributed by atoms with van der Waals surface area (Å²) in [6.45, 7) is 3.12. The summed E-state index contributed by atoms with van der Waals surface area (Å²) in [5.41, 5.74) is 2.19. The number of carbonyl (C=O) groups is 1. The number of benzene rings is 2. The van der Waals surface area contributed by atoms with Crippen LogP contribution in [-0.4, -0.2) is 22.1 Å². The minimum atomic E-state index is -1.19. The fourth-order valence-electron chi connectivity index (χ4n) is 2.42. The van der Waals surface area contributed by atoms with Crippen LogP contribution in [0.25, 0.3) is 11.0 Å². The molecule has 0 radical (unpaired) electrons. The van der Waals surface area contributed by atoms with E-state index in [1.165, 1.54) is 12.1 Å². The molecule has 1 heterocycles. The van der Waals surface area contributed by atoms with E-state index in [4.69, 9.17) is 4.74 Å². The molecule has 0 fully saturated rings. The fraction of sp³-hybridized carbons (Fsp3) is 0.176. The summed E-state index contributed by atoms with van der Waals surface area (Å²) >= 11 is 0. The number of hydrogen-bond donors (Lipinski definition) is 0. The molecule has 0 bridgehead atoms. The fourth-order valence-corrected chi connectivity index (χ4v) is 2.42. The van der Waals surface area contributed by atoms with E-state index in [2.05, 4.69) is 9.55 Å². The van der Waals surface area contributed by atoms with E-state index < -0.39 is 5.97 Å². The third-order valence-electron chi connectivity index (χ3n) is 3.52. The van der Waals surface area contributed by atoms with Crippen molar-refractivity contribution in [1.29, 1.82) is 0 Å². The summed E-state index contributed by atoms with van der Waals surface area (Å²) in [6, 6.07) is 14.2. The average Bonchev–Trinajstić information content (AvgIpc) is 2.84. The molecule has 23 heavy (non-hydrogen) atoms. The van der Waals surface area contributed by atoms with E-state index in [9.17, 15) is 9.90 Å². The third-order valence-corrected chi connectivity index (χ3v) is 3.52. The Kier molecular flexibility index (Phi) is 5.82. The molecule has 0 saturated heterocycles. The zero-order valence-corrected chi connectivity index (χ0v) is 15.2. The van der Waals surface area contributed by atoms with Gasteiger partial charge in [0.1, 0.15) is 18.2 Å². The molecule has 0 N–H and O–H groups in total. The number of nitrogens with zero attached hydrogens (tertiary/aromatic N) is 2. The van der Waals surface area contributed by atoms with Crippen LogP contribution in [0, 0.1) is 6.92 Å². The van der Waals surface area contributed by atoms with Gasteiger partial charge in [-0.3, -0.25) is 0 Å². The van der Waals surface area contributed by atoms with Crippen molar-refractivity contribution in [3.05, 3.63) is 59.9 Å². The first-order valence-corrected chi connectivity index (χ1v) is 7.01. The van der Waals surface area contributed by atoms with Crippen molar-refractivity contribution in [2.75, 3.05) is 6.61 Å². The van der Waals surface area contributed by atoms with Crippen LogP contribution in [0.1, 0.15) is 16.2 Å². The van der Waals surface area contributed by atoms with Gasteiger partial charge in [-0.05, 0) is 48.9 Å². The van der Waals surface area contributed by atoms with Gasteiger partial charge in [-0.1, -0.05) is 12.1 Å². The van der Waals surface area contributed by atoms with Crippen molar-refractivity contribution in [2.24, 2.45) is 0 Å². The van der Waals surface area contributed by atoms with E-state index >= 15 is 0 Å². The van der Waals surface area contributed by atoms with Crippen molar-refractivity contribution < 1.29 is 44.2 Å². The molecular formula is C17H15N2NaO3. The van der Waals surface area contributed by atoms with Crippen LogP contribution < -0.4 is 39.4 Å². The molecular weight excluding hydrogens is 303 g/mol. The van der Waals surface area contributed by atoms with Gasteiger partial charge < -0.3 is 19.2 Å². The summed E-state index contributed by atoms with van der Waals surface area (Å²) in [5, 5.41) is 10.7. The summed E-state index contributed by atoms with van der Waals surface area (Å²) < 4.78 is 7.76. The average molecular weight is 318 g/mol. The SMILES string of the molecule is Cc1nc2ccccc2n1CCOc1ccc(C(=O)[O-])cc1.[Na+]. The van der Waals surface area contributed by atoms with Crippen LogP contribution in [0.2, 0.25) is 0 Å². The van der Waals surface area contributed by atoms with Crippen LogP contribution >= 0.6 is 0 Å². The Labute approximate surface area is 156 Å². The summed E-state index contributed by atoms with van der Waals surface area (Å²) in [7, 11) is 0. The maximum Gasteiger partial charge on any atom is 1.00 e. The van der Waals surface area contributed by atoms with Gasteiger partial charge in [0, 0.05) is 0 Å². The first kappa shape index (κ1) is 17.5. The summed E-state index contributed by atoms with van der Waals surface area (Å²) in [4.78, 5) is 15.2. The molecule has 0 saturated carbocycles. The van der Waals surface area contributed by atoms with Gasteiger partial charge in [0.25, 0.3) is 0 Å². The van der Waals surface area contributed by atoms with E-state index in [0.717, 1.165) is 16.9 Å². The Hall–Kier alpha value is -1.82. The van der Waals surface area contributed by atoms with E-state index in [1.807, 2.05) is 31.2 Å². The number of hydrogen-bond acceptors (Lipinski definition) is 4. The van der Waals surface area contributed by atoms with Crippen molar-refractivity contribution >= 4 is 17.0 Å². The number of carbonyl (C=O) groups excluding carboxylic acids is 1. The largest absolute Gasteiger partial charge is 1.00 e. The predicted octanol–water partition coefficient (Wildman–Crippen LogP) is -1.21. The van der Waals surface area contributed by atoms with E-state index in [-0.39, 0.29) is 35.1 Å². The number of imidazole rings is 1. The maximum atomic E-state index is 10.7. The molecule has 0 aliphatic heterocycles. The van der Waals surface area contributed by atoms with Gasteiger partial charge in [0.15, 0.2) is 0 Å². The van der Waals surface area contributed by atoms with Gasteiger partial charge in [-0.2, -0.15) is 0 Å². The third kappa shape index (κ3) is 3.93. The maximum absolute atomic E-state index is 10.7. The van der Waals surface area contributed by atoms with E-state index in [0.29, 0.717) is 18.9 Å². The van der Waals surface area contributed by atoms with E-state index in [1.54, 1.807) is 12.1 Å². The van der Waals surface area contributed by atoms with Crippen LogP contribution in [-0.2, 0) is 6.54 Å². The van der Waals surface area contributed by atoms with Crippen molar-refractivity contribution in [2.45, 2.75) is 13.5 Å². The van der Waals surface area contributed by atoms with Gasteiger partial charge >= 0.3 is 29.6 Å². The van der Waals surface area contributed by atoms with Crippen LogP contribution in [0.5, 0.6) is 5.75 Å². The standard InChI is InChI=1S/C17H16N2O3.Na/c1-12-18-15-4-2-3-5-16(15)19(12)10-11-22-14-8-6-13(7-9-14)17(20)21;/h2-9H,10-11H2,1H3,(H,20,21);/q;+1/p-1. The molecule has 0 aliphatic rings. The number of carboxylic acids is 1. The Bertz CT molecular complexity index is 812. The van der Waals surface area contributed by atoms with Gasteiger partial charge in [0.05, 0.1) is 23.5 Å². The Balaban J connectivity index is 0.00000192. The van der Waals surface area contributed by atoms with Crippen LogP contribution in [0.4, 0.5) is 0 Å². The molecule has 0 unspecified atom stereocenters. The van der Waals surface area contributed by atoms with Crippen LogP contribution in [0.15, 0.2) is 48.5 Å². The normalized spacial score (nSPS) is 10.3. The summed E-state index contributed by atoms with van der Waals surface area (Å²) in [6.07, 6.45) is 0. The van der Waals surface area contributed by atoms with Gasteiger partial charge in [0.2, 0.25) is 0 Å². The number of para-hydroxylation sites is 2. The number of aromatic nitrogens is 2. The second kappa shape index (κ2) is 7.64. The van der Waals surface area contributed by atoms with Crippen LogP contribution in [0.3, 0.4) is 0 Å². The molecule has 112 valence electrons. The van der Waals surface area contributed by atoms with Gasteiger partial charge in [-0.15, -0.1) is 0 Å². The molecule has 3 rings (SSSR count). The molecule has 0 spiro atoms. The molecule has 6 heteroatoms. The quantitative estimate of drug-likeness (QED) is 0.554. The number of aromatic carboxylic acids is 1. The predicted molar refractivity (Wildman–Crippen MR) is 80.7 cm³/mol. The smallest absolute Gasteiger partial charge is 0.545 e. The first-order valence-electron chi connectivity index (χ1n) is 7.01. The van der Waals surface area contributed by atoms with Crippen molar-refractivity contribution in [3.63, 3.8) is 0 Å². The Morgan fingerprint density at radius 2 is 1.87 bits per heavy atom. The van der Waals surface area contributed by atoms with Gasteiger partial charge in [-0.25, -0.2) is 4.98 Å². The minimum Gasteiger partial charge on any atom is -0.545 e. The monoisotopic (exact) mass is 318 g/mol. The number of rotatable bonds is 5. The molecule has 5 nitrogen and oxygen atoms in total. The zero-order valence-electron chi connectivity index (χ0n) is 13.2. The molecule has 0 atom stereocenters. The number of carboxylic acid groups (broad SMARTS) is 1. The zero-order chi connectivity index (χ0) is 15.5. The second-order valence-electron chi connectivity index (χ2n) is 4.96. The molecule has 1 aromatic heterocycles. The Morgan fingerprint density at radius 1 is 1.17 bits per heavy atom. The minimum absolute atomic E-state index is 0. The molecule has 2 aromatic carbocycles. The number of fused-ring (bicyclic) bond motifs is 1. The van der Waals surface area contributed by atoms with Crippen molar-refractivity contribution in [3.8, 4) is 5.75 Å². The Morgan fingerprint density at radius 3 is 2.57 bits per heavy atom. The second-order valence-corrected chi connectivity index (χ2v) is 4.96. The number of ether oxygens (including phenoxy) is 1. The molecule has 0 aliphatic carbocycles. The summed E-state index contributed by atoms with van der Waals surface area (Å²) in [5.74, 6) is 0.385. The van der Waals surface area contributed by atoms with Crippen molar-refractivity contribution in [1.82, 2.24) is 9.55 Å².